The fourth-order valence-corrected chi connectivity index (χ4v) is 2.66. The third kappa shape index (κ3) is 3.78. The number of nitrogens with one attached hydrogen (secondary N) is 1. The summed E-state index contributed by atoms with van der Waals surface area (Å²) in [5.41, 5.74) is 0.623. The standard InChI is InChI=1S/C15H21NO3/c17-13-8-4-7-12(13)14(18)9-10-16-15(19)11-5-2-1-3-6-11/h1-3,5-6,12-14,17-18H,4,7-10H2,(H,16,19)/t12-,13-,14+/m1/s1. The van der Waals surface area contributed by atoms with Gasteiger partial charge in [-0.15, -0.1) is 0 Å². The molecule has 0 saturated heterocycles. The van der Waals surface area contributed by atoms with Crippen molar-refractivity contribution in [1.29, 1.82) is 0 Å². The molecule has 2 rings (SSSR count). The summed E-state index contributed by atoms with van der Waals surface area (Å²) in [6.45, 7) is 0.429. The number of hydrogen-bond acceptors (Lipinski definition) is 3. The van der Waals surface area contributed by atoms with Gasteiger partial charge < -0.3 is 15.5 Å². The first kappa shape index (κ1) is 14.0. The van der Waals surface area contributed by atoms with E-state index >= 15 is 0 Å². The molecule has 0 spiro atoms. The maximum Gasteiger partial charge on any atom is 0.251 e. The highest BCUT2D eigenvalue weighted by atomic mass is 16.3. The van der Waals surface area contributed by atoms with E-state index in [4.69, 9.17) is 0 Å². The zero-order chi connectivity index (χ0) is 13.7. The lowest BCUT2D eigenvalue weighted by Crippen LogP contribution is -2.32. The van der Waals surface area contributed by atoms with Crippen LogP contribution in [0.5, 0.6) is 0 Å². The van der Waals surface area contributed by atoms with Crippen LogP contribution >= 0.6 is 0 Å². The Balaban J connectivity index is 1.73. The zero-order valence-electron chi connectivity index (χ0n) is 11.0. The summed E-state index contributed by atoms with van der Waals surface area (Å²) in [7, 11) is 0. The molecule has 4 nitrogen and oxygen atoms in total. The Morgan fingerprint density at radius 2 is 2.05 bits per heavy atom. The predicted octanol–water partition coefficient (Wildman–Crippen LogP) is 1.33. The van der Waals surface area contributed by atoms with Crippen LogP contribution in [0, 0.1) is 5.92 Å². The average Bonchev–Trinajstić information content (AvgIpc) is 2.86. The van der Waals surface area contributed by atoms with Gasteiger partial charge in [-0.3, -0.25) is 4.79 Å². The largest absolute Gasteiger partial charge is 0.393 e. The van der Waals surface area contributed by atoms with E-state index in [1.165, 1.54) is 0 Å². The summed E-state index contributed by atoms with van der Waals surface area (Å²) in [6, 6.07) is 9.01. The second kappa shape index (κ2) is 6.68. The Hall–Kier alpha value is -1.39. The maximum absolute atomic E-state index is 11.8. The molecule has 104 valence electrons. The van der Waals surface area contributed by atoms with Gasteiger partial charge in [-0.1, -0.05) is 24.6 Å². The van der Waals surface area contributed by atoms with Crippen molar-refractivity contribution in [2.24, 2.45) is 5.92 Å². The molecule has 3 atom stereocenters. The van der Waals surface area contributed by atoms with Crippen LogP contribution in [0.25, 0.3) is 0 Å². The average molecular weight is 263 g/mol. The Kier molecular flexibility index (Phi) is 4.93. The van der Waals surface area contributed by atoms with Crippen LogP contribution in [0.1, 0.15) is 36.0 Å². The van der Waals surface area contributed by atoms with Crippen molar-refractivity contribution >= 4 is 5.91 Å². The second-order valence-corrected chi connectivity index (χ2v) is 5.14. The van der Waals surface area contributed by atoms with E-state index in [0.29, 0.717) is 18.5 Å². The second-order valence-electron chi connectivity index (χ2n) is 5.14. The lowest BCUT2D eigenvalue weighted by molar-refractivity contribution is 0.0274. The van der Waals surface area contributed by atoms with Gasteiger partial charge in [-0.25, -0.2) is 0 Å². The van der Waals surface area contributed by atoms with Gasteiger partial charge in [0.05, 0.1) is 12.2 Å². The number of aliphatic hydroxyl groups excluding tert-OH is 2. The molecule has 4 heteroatoms. The molecule has 0 radical (unpaired) electrons. The Labute approximate surface area is 113 Å². The molecule has 0 heterocycles. The molecule has 1 aliphatic carbocycles. The molecular weight excluding hydrogens is 242 g/mol. The molecule has 19 heavy (non-hydrogen) atoms. The summed E-state index contributed by atoms with van der Waals surface area (Å²) >= 11 is 0. The monoisotopic (exact) mass is 263 g/mol. The minimum atomic E-state index is -0.534. The van der Waals surface area contributed by atoms with Crippen molar-refractivity contribution in [2.75, 3.05) is 6.54 Å². The normalized spacial score (nSPS) is 24.1. The number of benzene rings is 1. The van der Waals surface area contributed by atoms with Crippen LogP contribution in [0.3, 0.4) is 0 Å². The van der Waals surface area contributed by atoms with Gasteiger partial charge in [0.25, 0.3) is 5.91 Å². The number of hydrogen-bond donors (Lipinski definition) is 3. The lowest BCUT2D eigenvalue weighted by Gasteiger charge is -2.21. The van der Waals surface area contributed by atoms with Crippen molar-refractivity contribution in [2.45, 2.75) is 37.9 Å². The highest BCUT2D eigenvalue weighted by molar-refractivity contribution is 5.94. The molecule has 1 amide bonds. The number of aliphatic hydroxyl groups is 2. The minimum absolute atomic E-state index is 0.0337. The molecule has 0 aromatic heterocycles. The third-order valence-corrected chi connectivity index (χ3v) is 3.79. The van der Waals surface area contributed by atoms with Gasteiger partial charge in [0.15, 0.2) is 0 Å². The topological polar surface area (TPSA) is 69.6 Å². The summed E-state index contributed by atoms with van der Waals surface area (Å²) in [4.78, 5) is 11.8. The zero-order valence-corrected chi connectivity index (χ0v) is 11.0. The van der Waals surface area contributed by atoms with Gasteiger partial charge in [0.2, 0.25) is 0 Å². The summed E-state index contributed by atoms with van der Waals surface area (Å²) in [5.74, 6) is -0.159. The van der Waals surface area contributed by atoms with Crippen LogP contribution < -0.4 is 5.32 Å². The van der Waals surface area contributed by atoms with E-state index < -0.39 is 6.10 Å². The van der Waals surface area contributed by atoms with E-state index in [0.717, 1.165) is 19.3 Å². The van der Waals surface area contributed by atoms with Gasteiger partial charge in [0.1, 0.15) is 0 Å². The lowest BCUT2D eigenvalue weighted by atomic mass is 9.96. The quantitative estimate of drug-likeness (QED) is 0.750. The highest BCUT2D eigenvalue weighted by Crippen LogP contribution is 2.29. The summed E-state index contributed by atoms with van der Waals surface area (Å²) < 4.78 is 0. The number of amides is 1. The SMILES string of the molecule is O=C(NCC[C@H](O)[C@@H]1CCC[C@H]1O)c1ccccc1. The van der Waals surface area contributed by atoms with Gasteiger partial charge in [-0.05, 0) is 31.4 Å². The Morgan fingerprint density at radius 3 is 2.68 bits per heavy atom. The van der Waals surface area contributed by atoms with Crippen LogP contribution in [-0.2, 0) is 0 Å². The van der Waals surface area contributed by atoms with E-state index in [-0.39, 0.29) is 17.9 Å². The van der Waals surface area contributed by atoms with Crippen molar-refractivity contribution in [3.63, 3.8) is 0 Å². The third-order valence-electron chi connectivity index (χ3n) is 3.79. The molecule has 1 aromatic carbocycles. The van der Waals surface area contributed by atoms with Crippen molar-refractivity contribution in [3.05, 3.63) is 35.9 Å². The van der Waals surface area contributed by atoms with Gasteiger partial charge >= 0.3 is 0 Å². The maximum atomic E-state index is 11.8. The molecule has 1 fully saturated rings. The molecule has 0 bridgehead atoms. The van der Waals surface area contributed by atoms with E-state index in [2.05, 4.69) is 5.32 Å². The van der Waals surface area contributed by atoms with Gasteiger partial charge in [0, 0.05) is 18.0 Å². The van der Waals surface area contributed by atoms with Crippen LogP contribution in [0.15, 0.2) is 30.3 Å². The molecule has 1 aliphatic rings. The molecule has 0 aliphatic heterocycles. The van der Waals surface area contributed by atoms with Crippen molar-refractivity contribution in [3.8, 4) is 0 Å². The Morgan fingerprint density at radius 1 is 1.32 bits per heavy atom. The molecular formula is C15H21NO3. The molecule has 3 N–H and O–H groups in total. The summed E-state index contributed by atoms with van der Waals surface area (Å²) in [5, 5.41) is 22.5. The minimum Gasteiger partial charge on any atom is -0.393 e. The van der Waals surface area contributed by atoms with Crippen molar-refractivity contribution in [1.82, 2.24) is 5.32 Å². The Bertz CT molecular complexity index is 407. The van der Waals surface area contributed by atoms with Crippen molar-refractivity contribution < 1.29 is 15.0 Å². The van der Waals surface area contributed by atoms with E-state index in [1.807, 2.05) is 18.2 Å². The fourth-order valence-electron chi connectivity index (χ4n) is 2.66. The fraction of sp³-hybridized carbons (Fsp3) is 0.533. The molecule has 1 aromatic rings. The van der Waals surface area contributed by atoms with Gasteiger partial charge in [-0.2, -0.15) is 0 Å². The van der Waals surface area contributed by atoms with Crippen LogP contribution in [0.4, 0.5) is 0 Å². The first-order chi connectivity index (χ1) is 9.18. The number of carbonyl (C=O) groups is 1. The van der Waals surface area contributed by atoms with E-state index in [1.54, 1.807) is 12.1 Å². The first-order valence-electron chi connectivity index (χ1n) is 6.88. The van der Waals surface area contributed by atoms with E-state index in [9.17, 15) is 15.0 Å². The summed E-state index contributed by atoms with van der Waals surface area (Å²) in [6.07, 6.45) is 2.18. The smallest absolute Gasteiger partial charge is 0.251 e. The van der Waals surface area contributed by atoms with Crippen LogP contribution in [0.2, 0.25) is 0 Å². The number of rotatable bonds is 5. The first-order valence-corrected chi connectivity index (χ1v) is 6.88. The van der Waals surface area contributed by atoms with Crippen LogP contribution in [-0.4, -0.2) is 34.9 Å². The predicted molar refractivity (Wildman–Crippen MR) is 72.7 cm³/mol. The number of carbonyl (C=O) groups excluding carboxylic acids is 1. The molecule has 0 unspecified atom stereocenters. The molecule has 1 saturated carbocycles. The highest BCUT2D eigenvalue weighted by Gasteiger charge is 2.30.